The molecule has 0 radical (unpaired) electrons. The monoisotopic (exact) mass is 245 g/mol. The van der Waals surface area contributed by atoms with Gasteiger partial charge >= 0.3 is 5.69 Å². The lowest BCUT2D eigenvalue weighted by Crippen LogP contribution is -2.06. The minimum absolute atomic E-state index is 0.0648. The highest BCUT2D eigenvalue weighted by Crippen LogP contribution is 2.28. The molecule has 0 spiro atoms. The molecule has 0 amide bonds. The second-order valence-electron chi connectivity index (χ2n) is 3.03. The molecule has 0 aliphatic carbocycles. The van der Waals surface area contributed by atoms with Gasteiger partial charge in [0.1, 0.15) is 6.61 Å². The Balaban J connectivity index is 2.87. The number of hydrogen-bond acceptors (Lipinski definition) is 4. The first-order valence-electron chi connectivity index (χ1n) is 4.64. The van der Waals surface area contributed by atoms with Crippen molar-refractivity contribution >= 4 is 17.3 Å². The van der Waals surface area contributed by atoms with Gasteiger partial charge in [-0.2, -0.15) is 0 Å². The summed E-state index contributed by atoms with van der Waals surface area (Å²) in [6, 6.07) is 4.56. The first-order chi connectivity index (χ1) is 7.69. The van der Waals surface area contributed by atoms with Crippen molar-refractivity contribution < 1.29 is 14.4 Å². The summed E-state index contributed by atoms with van der Waals surface area (Å²) in [5.41, 5.74) is 0.713. The van der Waals surface area contributed by atoms with E-state index in [1.807, 2.05) is 0 Å². The van der Waals surface area contributed by atoms with Crippen LogP contribution in [0.1, 0.15) is 5.56 Å². The molecule has 0 aliphatic heterocycles. The molecule has 0 N–H and O–H groups in total. The predicted molar refractivity (Wildman–Crippen MR) is 60.0 cm³/mol. The van der Waals surface area contributed by atoms with E-state index in [2.05, 4.69) is 0 Å². The van der Waals surface area contributed by atoms with Crippen LogP contribution in [-0.4, -0.2) is 25.2 Å². The average Bonchev–Trinajstić information content (AvgIpc) is 2.29. The number of ether oxygens (including phenoxy) is 2. The molecule has 1 aromatic carbocycles. The summed E-state index contributed by atoms with van der Waals surface area (Å²) in [4.78, 5) is 10.2. The molecule has 1 rings (SSSR count). The van der Waals surface area contributed by atoms with Gasteiger partial charge in [-0.25, -0.2) is 0 Å². The van der Waals surface area contributed by atoms with Gasteiger partial charge in [0.25, 0.3) is 0 Å². The molecule has 0 atom stereocenters. The zero-order valence-corrected chi connectivity index (χ0v) is 9.57. The number of hydrogen-bond donors (Lipinski definition) is 0. The van der Waals surface area contributed by atoms with E-state index in [-0.39, 0.29) is 18.0 Å². The van der Waals surface area contributed by atoms with Crippen molar-refractivity contribution in [3.8, 4) is 5.75 Å². The number of benzene rings is 1. The molecule has 0 fully saturated rings. The smallest absolute Gasteiger partial charge is 0.310 e. The Morgan fingerprint density at radius 1 is 1.44 bits per heavy atom. The van der Waals surface area contributed by atoms with Gasteiger partial charge in [0.2, 0.25) is 0 Å². The van der Waals surface area contributed by atoms with Crippen LogP contribution >= 0.6 is 11.6 Å². The van der Waals surface area contributed by atoms with Crippen LogP contribution in [0.15, 0.2) is 18.2 Å². The van der Waals surface area contributed by atoms with Crippen LogP contribution in [0.3, 0.4) is 0 Å². The molecule has 88 valence electrons. The lowest BCUT2D eigenvalue weighted by Gasteiger charge is -2.07. The Morgan fingerprint density at radius 2 is 2.19 bits per heavy atom. The molecule has 0 bridgehead atoms. The molecule has 0 saturated heterocycles. The molecule has 1 aromatic rings. The van der Waals surface area contributed by atoms with E-state index in [0.29, 0.717) is 12.5 Å². The standard InChI is InChI=1S/C10H12ClNO4/c1-15-4-5-16-10-6-8(7-11)2-3-9(10)12(13)14/h2-3,6H,4-5,7H2,1H3. The van der Waals surface area contributed by atoms with E-state index < -0.39 is 4.92 Å². The molecule has 0 heterocycles. The Hall–Kier alpha value is -1.33. The van der Waals surface area contributed by atoms with Gasteiger partial charge in [-0.3, -0.25) is 10.1 Å². The van der Waals surface area contributed by atoms with Gasteiger partial charge in [-0.05, 0) is 11.6 Å². The van der Waals surface area contributed by atoms with E-state index in [9.17, 15) is 10.1 Å². The first kappa shape index (κ1) is 12.7. The van der Waals surface area contributed by atoms with E-state index in [4.69, 9.17) is 21.1 Å². The number of nitro groups is 1. The molecule has 0 aromatic heterocycles. The number of nitrogens with zero attached hydrogens (tertiary/aromatic N) is 1. The normalized spacial score (nSPS) is 10.1. The fraction of sp³-hybridized carbons (Fsp3) is 0.400. The minimum atomic E-state index is -0.486. The highest BCUT2D eigenvalue weighted by Gasteiger charge is 2.15. The van der Waals surface area contributed by atoms with Crippen LogP contribution < -0.4 is 4.74 Å². The third-order valence-corrected chi connectivity index (χ3v) is 2.23. The highest BCUT2D eigenvalue weighted by atomic mass is 35.5. The van der Waals surface area contributed by atoms with Crippen molar-refractivity contribution in [2.24, 2.45) is 0 Å². The van der Waals surface area contributed by atoms with Crippen molar-refractivity contribution in [2.75, 3.05) is 20.3 Å². The number of nitro benzene ring substituents is 1. The lowest BCUT2D eigenvalue weighted by atomic mass is 10.2. The average molecular weight is 246 g/mol. The molecule has 16 heavy (non-hydrogen) atoms. The number of alkyl halides is 1. The summed E-state index contributed by atoms with van der Waals surface area (Å²) in [6.45, 7) is 0.644. The summed E-state index contributed by atoms with van der Waals surface area (Å²) in [5, 5.41) is 10.7. The summed E-state index contributed by atoms with van der Waals surface area (Å²) in [5.74, 6) is 0.513. The van der Waals surface area contributed by atoms with Gasteiger partial charge in [-0.15, -0.1) is 11.6 Å². The van der Waals surface area contributed by atoms with Crippen LogP contribution in [0.25, 0.3) is 0 Å². The predicted octanol–water partition coefficient (Wildman–Crippen LogP) is 2.36. The Morgan fingerprint density at radius 3 is 2.75 bits per heavy atom. The molecular formula is C10H12ClNO4. The van der Waals surface area contributed by atoms with Gasteiger partial charge in [-0.1, -0.05) is 6.07 Å². The largest absolute Gasteiger partial charge is 0.484 e. The second kappa shape index (κ2) is 6.30. The number of rotatable bonds is 6. The van der Waals surface area contributed by atoms with Crippen LogP contribution in [0.2, 0.25) is 0 Å². The molecule has 0 unspecified atom stereocenters. The lowest BCUT2D eigenvalue weighted by molar-refractivity contribution is -0.385. The molecule has 0 saturated carbocycles. The van der Waals surface area contributed by atoms with Gasteiger partial charge in [0.15, 0.2) is 5.75 Å². The molecule has 5 nitrogen and oxygen atoms in total. The first-order valence-corrected chi connectivity index (χ1v) is 5.17. The van der Waals surface area contributed by atoms with E-state index in [1.54, 1.807) is 12.1 Å². The Bertz CT molecular complexity index is 370. The van der Waals surface area contributed by atoms with E-state index in [0.717, 1.165) is 5.56 Å². The summed E-state index contributed by atoms with van der Waals surface area (Å²) in [6.07, 6.45) is 0. The van der Waals surface area contributed by atoms with Crippen LogP contribution in [0, 0.1) is 10.1 Å². The molecule has 6 heteroatoms. The van der Waals surface area contributed by atoms with Crippen molar-refractivity contribution in [3.05, 3.63) is 33.9 Å². The number of methoxy groups -OCH3 is 1. The van der Waals surface area contributed by atoms with Crippen molar-refractivity contribution in [1.29, 1.82) is 0 Å². The van der Waals surface area contributed by atoms with Crippen molar-refractivity contribution in [2.45, 2.75) is 5.88 Å². The van der Waals surface area contributed by atoms with Crippen LogP contribution in [-0.2, 0) is 10.6 Å². The summed E-state index contributed by atoms with van der Waals surface area (Å²) < 4.78 is 10.1. The zero-order chi connectivity index (χ0) is 12.0. The SMILES string of the molecule is COCCOc1cc(CCl)ccc1[N+](=O)[O-]. The maximum atomic E-state index is 10.7. The maximum absolute atomic E-state index is 10.7. The third-order valence-electron chi connectivity index (χ3n) is 1.92. The quantitative estimate of drug-likeness (QED) is 0.334. The Kier molecular flexibility index (Phi) is 5.01. The van der Waals surface area contributed by atoms with Gasteiger partial charge in [0.05, 0.1) is 11.5 Å². The van der Waals surface area contributed by atoms with Gasteiger partial charge in [0, 0.05) is 19.1 Å². The van der Waals surface area contributed by atoms with Crippen LogP contribution in [0.5, 0.6) is 5.75 Å². The minimum Gasteiger partial charge on any atom is -0.484 e. The second-order valence-corrected chi connectivity index (χ2v) is 3.30. The van der Waals surface area contributed by atoms with E-state index in [1.165, 1.54) is 13.2 Å². The fourth-order valence-corrected chi connectivity index (χ4v) is 1.31. The third kappa shape index (κ3) is 3.36. The highest BCUT2D eigenvalue weighted by molar-refractivity contribution is 6.17. The topological polar surface area (TPSA) is 61.6 Å². The number of halogens is 1. The maximum Gasteiger partial charge on any atom is 0.310 e. The van der Waals surface area contributed by atoms with Crippen LogP contribution in [0.4, 0.5) is 5.69 Å². The molecule has 0 aliphatic rings. The van der Waals surface area contributed by atoms with E-state index >= 15 is 0 Å². The fourth-order valence-electron chi connectivity index (χ4n) is 1.14. The Labute approximate surface area is 98.1 Å². The van der Waals surface area contributed by atoms with Gasteiger partial charge < -0.3 is 9.47 Å². The molecular weight excluding hydrogens is 234 g/mol. The zero-order valence-electron chi connectivity index (χ0n) is 8.81. The summed E-state index contributed by atoms with van der Waals surface area (Å²) in [7, 11) is 1.53. The summed E-state index contributed by atoms with van der Waals surface area (Å²) >= 11 is 5.64. The van der Waals surface area contributed by atoms with Crippen molar-refractivity contribution in [1.82, 2.24) is 0 Å². The van der Waals surface area contributed by atoms with Crippen molar-refractivity contribution in [3.63, 3.8) is 0 Å².